The van der Waals surface area contributed by atoms with E-state index in [9.17, 15) is 9.59 Å². The van der Waals surface area contributed by atoms with Crippen LogP contribution in [0.2, 0.25) is 0 Å². The lowest BCUT2D eigenvalue weighted by molar-refractivity contribution is -0.150. The molecule has 6 heteroatoms. The molecular weight excluding hydrogens is 390 g/mol. The molecule has 0 aliphatic rings. The summed E-state index contributed by atoms with van der Waals surface area (Å²) < 4.78 is 7.08. The molecule has 31 heavy (non-hydrogen) atoms. The number of rotatable bonds is 8. The third kappa shape index (κ3) is 5.92. The molecule has 0 radical (unpaired) electrons. The molecule has 1 atom stereocenters. The summed E-state index contributed by atoms with van der Waals surface area (Å²) in [6.45, 7) is 5.88. The number of carbonyl (C=O) groups excluding carboxylic acids is 2. The Morgan fingerprint density at radius 3 is 2.39 bits per heavy atom. The summed E-state index contributed by atoms with van der Waals surface area (Å²) in [7, 11) is 0. The minimum absolute atomic E-state index is 0.318. The molecule has 0 bridgehead atoms. The zero-order chi connectivity index (χ0) is 22.2. The van der Waals surface area contributed by atoms with Crippen molar-refractivity contribution in [2.75, 3.05) is 6.54 Å². The van der Waals surface area contributed by atoms with Gasteiger partial charge < -0.3 is 10.1 Å². The summed E-state index contributed by atoms with van der Waals surface area (Å²) in [6, 6.07) is 19.7. The summed E-state index contributed by atoms with van der Waals surface area (Å²) in [6.07, 6.45) is 2.86. The highest BCUT2D eigenvalue weighted by atomic mass is 16.5. The minimum atomic E-state index is -0.873. The van der Waals surface area contributed by atoms with E-state index in [1.165, 1.54) is 6.08 Å². The number of aromatic nitrogens is 2. The van der Waals surface area contributed by atoms with E-state index in [-0.39, 0.29) is 5.91 Å². The summed E-state index contributed by atoms with van der Waals surface area (Å²) in [4.78, 5) is 24.4. The smallest absolute Gasteiger partial charge is 0.331 e. The molecule has 0 spiro atoms. The molecule has 6 nitrogen and oxygen atoms in total. The van der Waals surface area contributed by atoms with Crippen LogP contribution in [0.25, 0.3) is 11.8 Å². The SMILES string of the molecule is Cc1nn(-c2ccccc2)c(C)c1/C=C/C(=O)OC(C)C(=O)NCCc1ccccc1. The van der Waals surface area contributed by atoms with E-state index < -0.39 is 12.1 Å². The van der Waals surface area contributed by atoms with Crippen molar-refractivity contribution >= 4 is 18.0 Å². The van der Waals surface area contributed by atoms with E-state index in [1.807, 2.05) is 79.2 Å². The maximum Gasteiger partial charge on any atom is 0.331 e. The average Bonchev–Trinajstić information content (AvgIpc) is 3.06. The first-order valence-corrected chi connectivity index (χ1v) is 10.3. The molecule has 0 fully saturated rings. The lowest BCUT2D eigenvalue weighted by Gasteiger charge is -2.12. The van der Waals surface area contributed by atoms with Gasteiger partial charge in [-0.05, 0) is 51.0 Å². The van der Waals surface area contributed by atoms with Gasteiger partial charge in [-0.3, -0.25) is 4.79 Å². The van der Waals surface area contributed by atoms with Gasteiger partial charge in [0.1, 0.15) is 0 Å². The fourth-order valence-electron chi connectivity index (χ4n) is 3.25. The fourth-order valence-corrected chi connectivity index (χ4v) is 3.25. The first-order chi connectivity index (χ1) is 15.0. The van der Waals surface area contributed by atoms with Crippen LogP contribution in [0.1, 0.15) is 29.4 Å². The third-order valence-corrected chi connectivity index (χ3v) is 4.95. The number of ether oxygens (including phenoxy) is 1. The molecule has 0 aliphatic carbocycles. The summed E-state index contributed by atoms with van der Waals surface area (Å²) in [5.41, 5.74) is 4.65. The quantitative estimate of drug-likeness (QED) is 0.447. The van der Waals surface area contributed by atoms with E-state index in [1.54, 1.807) is 13.0 Å². The van der Waals surface area contributed by atoms with E-state index >= 15 is 0 Å². The number of para-hydroxylation sites is 1. The van der Waals surface area contributed by atoms with Gasteiger partial charge in [0.25, 0.3) is 5.91 Å². The largest absolute Gasteiger partial charge is 0.449 e. The Hall–Kier alpha value is -3.67. The van der Waals surface area contributed by atoms with Crippen molar-refractivity contribution in [2.24, 2.45) is 0 Å². The Balaban J connectivity index is 1.54. The second-order valence-electron chi connectivity index (χ2n) is 7.27. The van der Waals surface area contributed by atoms with Gasteiger partial charge in [-0.2, -0.15) is 5.10 Å². The number of nitrogens with one attached hydrogen (secondary N) is 1. The number of hydrogen-bond acceptors (Lipinski definition) is 4. The van der Waals surface area contributed by atoms with Gasteiger partial charge in [0.15, 0.2) is 6.10 Å². The second kappa shape index (κ2) is 10.4. The van der Waals surface area contributed by atoms with E-state index in [4.69, 9.17) is 4.74 Å². The first kappa shape index (κ1) is 22.0. The Kier molecular flexibility index (Phi) is 7.38. The molecule has 0 aliphatic heterocycles. The number of carbonyl (C=O) groups is 2. The fraction of sp³-hybridized carbons (Fsp3) is 0.240. The van der Waals surface area contributed by atoms with Crippen molar-refractivity contribution in [1.29, 1.82) is 0 Å². The van der Waals surface area contributed by atoms with Crippen LogP contribution in [0.5, 0.6) is 0 Å². The third-order valence-electron chi connectivity index (χ3n) is 4.95. The summed E-state index contributed by atoms with van der Waals surface area (Å²) in [5.74, 6) is -0.890. The molecule has 1 unspecified atom stereocenters. The van der Waals surface area contributed by atoms with Gasteiger partial charge >= 0.3 is 5.97 Å². The zero-order valence-corrected chi connectivity index (χ0v) is 18.0. The van der Waals surface area contributed by atoms with Crippen molar-refractivity contribution in [3.8, 4) is 5.69 Å². The maximum absolute atomic E-state index is 12.2. The molecule has 2 aromatic carbocycles. The predicted octanol–water partition coefficient (Wildman–Crippen LogP) is 3.79. The number of nitrogens with zero attached hydrogens (tertiary/aromatic N) is 2. The topological polar surface area (TPSA) is 73.2 Å². The molecule has 1 aromatic heterocycles. The predicted molar refractivity (Wildman–Crippen MR) is 121 cm³/mol. The highest BCUT2D eigenvalue weighted by Gasteiger charge is 2.16. The standard InChI is InChI=1S/C25H27N3O3/c1-18-23(19(2)28(27-18)22-12-8-5-9-13-22)14-15-24(29)31-20(3)25(30)26-17-16-21-10-6-4-7-11-21/h4-15,20H,16-17H2,1-3H3,(H,26,30)/b15-14+. The van der Waals surface area contributed by atoms with Crippen LogP contribution in [0, 0.1) is 13.8 Å². The average molecular weight is 418 g/mol. The lowest BCUT2D eigenvalue weighted by atomic mass is 10.1. The van der Waals surface area contributed by atoms with Gasteiger partial charge in [0, 0.05) is 23.9 Å². The molecule has 3 rings (SSSR count). The van der Waals surface area contributed by atoms with Crippen LogP contribution in [0.15, 0.2) is 66.7 Å². The number of benzene rings is 2. The molecule has 0 saturated carbocycles. The van der Waals surface area contributed by atoms with E-state index in [0.29, 0.717) is 6.54 Å². The second-order valence-corrected chi connectivity index (χ2v) is 7.27. The van der Waals surface area contributed by atoms with Crippen molar-refractivity contribution in [3.63, 3.8) is 0 Å². The van der Waals surface area contributed by atoms with Crippen LogP contribution in [-0.2, 0) is 20.7 Å². The molecule has 1 heterocycles. The van der Waals surface area contributed by atoms with Crippen molar-refractivity contribution in [2.45, 2.75) is 33.3 Å². The monoisotopic (exact) mass is 417 g/mol. The first-order valence-electron chi connectivity index (χ1n) is 10.3. The molecule has 1 N–H and O–H groups in total. The van der Waals surface area contributed by atoms with Crippen LogP contribution in [0.3, 0.4) is 0 Å². The molecular formula is C25H27N3O3. The Morgan fingerprint density at radius 1 is 1.06 bits per heavy atom. The summed E-state index contributed by atoms with van der Waals surface area (Å²) in [5, 5.41) is 7.35. The van der Waals surface area contributed by atoms with Crippen molar-refractivity contribution in [3.05, 3.63) is 89.3 Å². The summed E-state index contributed by atoms with van der Waals surface area (Å²) >= 11 is 0. The Morgan fingerprint density at radius 2 is 1.71 bits per heavy atom. The van der Waals surface area contributed by atoms with Gasteiger partial charge in [0.2, 0.25) is 0 Å². The van der Waals surface area contributed by atoms with Crippen LogP contribution in [-0.4, -0.2) is 34.3 Å². The van der Waals surface area contributed by atoms with Gasteiger partial charge in [-0.1, -0.05) is 48.5 Å². The molecule has 1 amide bonds. The van der Waals surface area contributed by atoms with E-state index in [0.717, 1.165) is 34.6 Å². The highest BCUT2D eigenvalue weighted by molar-refractivity contribution is 5.90. The molecule has 3 aromatic rings. The Labute approximate surface area is 182 Å². The Bertz CT molecular complexity index is 1060. The number of esters is 1. The van der Waals surface area contributed by atoms with Crippen LogP contribution >= 0.6 is 0 Å². The molecule has 160 valence electrons. The zero-order valence-electron chi connectivity index (χ0n) is 18.0. The highest BCUT2D eigenvalue weighted by Crippen LogP contribution is 2.19. The molecule has 0 saturated heterocycles. The van der Waals surface area contributed by atoms with Crippen molar-refractivity contribution < 1.29 is 14.3 Å². The number of aryl methyl sites for hydroxylation is 1. The number of amides is 1. The number of hydrogen-bond donors (Lipinski definition) is 1. The van der Waals surface area contributed by atoms with E-state index in [2.05, 4.69) is 10.4 Å². The van der Waals surface area contributed by atoms with Gasteiger partial charge in [-0.25, -0.2) is 9.48 Å². The van der Waals surface area contributed by atoms with Gasteiger partial charge in [-0.15, -0.1) is 0 Å². The normalized spacial score (nSPS) is 12.0. The van der Waals surface area contributed by atoms with Gasteiger partial charge in [0.05, 0.1) is 11.4 Å². The lowest BCUT2D eigenvalue weighted by Crippen LogP contribution is -2.36. The maximum atomic E-state index is 12.2. The van der Waals surface area contributed by atoms with Crippen LogP contribution < -0.4 is 5.32 Å². The van der Waals surface area contributed by atoms with Crippen molar-refractivity contribution in [1.82, 2.24) is 15.1 Å². The van der Waals surface area contributed by atoms with Crippen LogP contribution in [0.4, 0.5) is 0 Å². The minimum Gasteiger partial charge on any atom is -0.449 e.